The highest BCUT2D eigenvalue weighted by Gasteiger charge is 2.47. The monoisotopic (exact) mass is 378 g/mol. The number of carbonyl (C=O) groups is 1. The van der Waals surface area contributed by atoms with Gasteiger partial charge in [0, 0.05) is 50.3 Å². The van der Waals surface area contributed by atoms with Crippen LogP contribution in [0.3, 0.4) is 0 Å². The topological polar surface area (TPSA) is 48.9 Å². The number of anilines is 1. The van der Waals surface area contributed by atoms with Gasteiger partial charge in [-0.2, -0.15) is 0 Å². The number of piperidine rings is 1. The number of hydrogen-bond acceptors (Lipinski definition) is 6. The van der Waals surface area contributed by atoms with Crippen molar-refractivity contribution in [1.29, 1.82) is 0 Å². The number of hydrogen-bond donors (Lipinski definition) is 0. The molecule has 1 aromatic heterocycles. The number of amides is 1. The van der Waals surface area contributed by atoms with E-state index in [-0.39, 0.29) is 5.41 Å². The van der Waals surface area contributed by atoms with Crippen LogP contribution in [0, 0.1) is 5.41 Å². The molecule has 0 N–H and O–H groups in total. The molecular weight excluding hydrogens is 348 g/mol. The number of aromatic nitrogens is 1. The van der Waals surface area contributed by atoms with Crippen LogP contribution >= 0.6 is 11.3 Å². The van der Waals surface area contributed by atoms with Gasteiger partial charge in [0.15, 0.2) is 5.13 Å². The number of rotatable bonds is 5. The van der Waals surface area contributed by atoms with Gasteiger partial charge in [0.25, 0.3) is 0 Å². The van der Waals surface area contributed by atoms with Crippen LogP contribution in [0.1, 0.15) is 37.5 Å². The quantitative estimate of drug-likeness (QED) is 0.786. The number of likely N-dealkylation sites (tertiary alicyclic amines) is 2. The second-order valence-corrected chi connectivity index (χ2v) is 8.94. The van der Waals surface area contributed by atoms with Crippen molar-refractivity contribution in [2.24, 2.45) is 5.41 Å². The van der Waals surface area contributed by atoms with Gasteiger partial charge in [0.1, 0.15) is 0 Å². The second kappa shape index (κ2) is 7.82. The summed E-state index contributed by atoms with van der Waals surface area (Å²) in [6, 6.07) is 0. The zero-order valence-electron chi connectivity index (χ0n) is 15.8. The molecule has 3 fully saturated rings. The molecule has 3 aliphatic rings. The van der Waals surface area contributed by atoms with Crippen molar-refractivity contribution >= 4 is 22.4 Å². The van der Waals surface area contributed by atoms with Crippen LogP contribution in [-0.4, -0.2) is 73.2 Å². The maximum Gasteiger partial charge on any atom is 0.230 e. The molecule has 0 bridgehead atoms. The van der Waals surface area contributed by atoms with Crippen molar-refractivity contribution in [3.63, 3.8) is 0 Å². The van der Waals surface area contributed by atoms with Gasteiger partial charge in [-0.15, -0.1) is 11.3 Å². The lowest BCUT2D eigenvalue weighted by Gasteiger charge is -2.39. The first-order chi connectivity index (χ1) is 12.7. The highest BCUT2D eigenvalue weighted by Crippen LogP contribution is 2.41. The molecular formula is C19H30N4O2S. The molecule has 1 amide bonds. The zero-order valence-corrected chi connectivity index (χ0v) is 16.6. The van der Waals surface area contributed by atoms with Crippen LogP contribution in [0.25, 0.3) is 0 Å². The Balaban J connectivity index is 1.37. The number of morpholine rings is 1. The molecule has 26 heavy (non-hydrogen) atoms. The van der Waals surface area contributed by atoms with Crippen molar-refractivity contribution in [3.8, 4) is 0 Å². The Morgan fingerprint density at radius 1 is 1.23 bits per heavy atom. The third-order valence-corrected chi connectivity index (χ3v) is 7.00. The SMILES string of the molecule is CCCN1CCC[C@@]2(CCN(Cc3cnc(N4CCOCC4)s3)C2)C1=O. The van der Waals surface area contributed by atoms with Crippen LogP contribution in [-0.2, 0) is 16.1 Å². The van der Waals surface area contributed by atoms with Crippen molar-refractivity contribution < 1.29 is 9.53 Å². The Bertz CT molecular complexity index is 629. The summed E-state index contributed by atoms with van der Waals surface area (Å²) in [6.45, 7) is 10.3. The fourth-order valence-corrected chi connectivity index (χ4v) is 5.60. The Morgan fingerprint density at radius 2 is 2.08 bits per heavy atom. The molecule has 1 aromatic rings. The van der Waals surface area contributed by atoms with Crippen LogP contribution in [0.5, 0.6) is 0 Å². The maximum absolute atomic E-state index is 13.0. The number of nitrogens with zero attached hydrogens (tertiary/aromatic N) is 4. The van der Waals surface area contributed by atoms with Crippen molar-refractivity contribution in [3.05, 3.63) is 11.1 Å². The van der Waals surface area contributed by atoms with E-state index in [9.17, 15) is 4.79 Å². The summed E-state index contributed by atoms with van der Waals surface area (Å²) < 4.78 is 5.43. The highest BCUT2D eigenvalue weighted by atomic mass is 32.1. The molecule has 4 rings (SSSR count). The Kier molecular flexibility index (Phi) is 5.47. The molecule has 1 atom stereocenters. The molecule has 7 heteroatoms. The van der Waals surface area contributed by atoms with Crippen LogP contribution < -0.4 is 4.90 Å². The third-order valence-electron chi connectivity index (χ3n) is 5.95. The van der Waals surface area contributed by atoms with E-state index in [1.807, 2.05) is 6.20 Å². The molecule has 144 valence electrons. The van der Waals surface area contributed by atoms with E-state index in [0.717, 1.165) is 89.8 Å². The van der Waals surface area contributed by atoms with E-state index < -0.39 is 0 Å². The van der Waals surface area contributed by atoms with E-state index in [4.69, 9.17) is 4.74 Å². The summed E-state index contributed by atoms with van der Waals surface area (Å²) in [5.41, 5.74) is -0.120. The Morgan fingerprint density at radius 3 is 2.88 bits per heavy atom. The van der Waals surface area contributed by atoms with Crippen molar-refractivity contribution in [2.75, 3.05) is 57.4 Å². The van der Waals surface area contributed by atoms with E-state index in [1.165, 1.54) is 4.88 Å². The first-order valence-electron chi connectivity index (χ1n) is 9.99. The molecule has 1 spiro atoms. The summed E-state index contributed by atoms with van der Waals surface area (Å²) in [5.74, 6) is 0.409. The standard InChI is InChI=1S/C19H30N4O2S/c1-2-6-22-7-3-4-19(17(22)24)5-8-21(15-19)14-16-13-20-18(26-16)23-9-11-25-12-10-23/h13H,2-12,14-15H2,1H3/t19-/m0/s1. The normalized spacial score (nSPS) is 27.7. The third kappa shape index (κ3) is 3.62. The first-order valence-corrected chi connectivity index (χ1v) is 10.8. The average molecular weight is 379 g/mol. The van der Waals surface area contributed by atoms with Gasteiger partial charge in [-0.25, -0.2) is 4.98 Å². The lowest BCUT2D eigenvalue weighted by molar-refractivity contribution is -0.145. The van der Waals surface area contributed by atoms with Crippen molar-refractivity contribution in [1.82, 2.24) is 14.8 Å². The minimum absolute atomic E-state index is 0.120. The molecule has 4 heterocycles. The number of ether oxygens (including phenoxy) is 1. The van der Waals surface area contributed by atoms with E-state index in [0.29, 0.717) is 5.91 Å². The zero-order chi connectivity index (χ0) is 18.0. The van der Waals surface area contributed by atoms with Gasteiger partial charge < -0.3 is 14.5 Å². The predicted octanol–water partition coefficient (Wildman–Crippen LogP) is 2.20. The molecule has 0 unspecified atom stereocenters. The fraction of sp³-hybridized carbons (Fsp3) is 0.789. The molecule has 0 radical (unpaired) electrons. The van der Waals surface area contributed by atoms with E-state index >= 15 is 0 Å². The lowest BCUT2D eigenvalue weighted by atomic mass is 9.78. The van der Waals surface area contributed by atoms with Gasteiger partial charge >= 0.3 is 0 Å². The summed E-state index contributed by atoms with van der Waals surface area (Å²) in [5, 5.41) is 1.11. The molecule has 0 aromatic carbocycles. The van der Waals surface area contributed by atoms with Crippen molar-refractivity contribution in [2.45, 2.75) is 39.2 Å². The lowest BCUT2D eigenvalue weighted by Crippen LogP contribution is -2.50. The Labute approximate surface area is 160 Å². The molecule has 3 aliphatic heterocycles. The summed E-state index contributed by atoms with van der Waals surface area (Å²) >= 11 is 1.79. The van der Waals surface area contributed by atoms with Crippen LogP contribution in [0.4, 0.5) is 5.13 Å². The number of thiazole rings is 1. The van der Waals surface area contributed by atoms with E-state index in [2.05, 4.69) is 26.6 Å². The van der Waals surface area contributed by atoms with Gasteiger partial charge in [-0.1, -0.05) is 6.92 Å². The fourth-order valence-electron chi connectivity index (χ4n) is 4.60. The average Bonchev–Trinajstić information content (AvgIpc) is 3.29. The minimum Gasteiger partial charge on any atom is -0.378 e. The largest absolute Gasteiger partial charge is 0.378 e. The predicted molar refractivity (Wildman–Crippen MR) is 104 cm³/mol. The molecule has 0 aliphatic carbocycles. The summed E-state index contributed by atoms with van der Waals surface area (Å²) in [4.78, 5) is 25.8. The first kappa shape index (κ1) is 18.2. The molecule has 6 nitrogen and oxygen atoms in total. The highest BCUT2D eigenvalue weighted by molar-refractivity contribution is 7.15. The summed E-state index contributed by atoms with van der Waals surface area (Å²) in [6.07, 6.45) is 6.30. The Hall–Kier alpha value is -1.18. The van der Waals surface area contributed by atoms with Crippen LogP contribution in [0.15, 0.2) is 6.20 Å². The number of carbonyl (C=O) groups excluding carboxylic acids is 1. The van der Waals surface area contributed by atoms with Gasteiger partial charge in [0.2, 0.25) is 5.91 Å². The summed E-state index contributed by atoms with van der Waals surface area (Å²) in [7, 11) is 0. The van der Waals surface area contributed by atoms with E-state index in [1.54, 1.807) is 11.3 Å². The maximum atomic E-state index is 13.0. The molecule has 0 saturated carbocycles. The van der Waals surface area contributed by atoms with Gasteiger partial charge in [0.05, 0.1) is 18.6 Å². The second-order valence-electron chi connectivity index (χ2n) is 7.85. The van der Waals surface area contributed by atoms with Gasteiger partial charge in [-0.05, 0) is 32.2 Å². The molecule has 3 saturated heterocycles. The minimum atomic E-state index is -0.120. The van der Waals surface area contributed by atoms with Gasteiger partial charge in [-0.3, -0.25) is 9.69 Å². The smallest absolute Gasteiger partial charge is 0.230 e. The van der Waals surface area contributed by atoms with Crippen LogP contribution in [0.2, 0.25) is 0 Å².